The molecule has 6 heavy (non-hydrogen) atoms. The molecule has 1 heteroatoms. The molecule has 0 heterocycles. The predicted molar refractivity (Wildman–Crippen MR) is 32.6 cm³/mol. The van der Waals surface area contributed by atoms with Gasteiger partial charge in [-0.25, -0.2) is 0 Å². The summed E-state index contributed by atoms with van der Waals surface area (Å²) in [6, 6.07) is 0. The summed E-state index contributed by atoms with van der Waals surface area (Å²) < 4.78 is 0. The zero-order chi connectivity index (χ0) is 5.21. The van der Waals surface area contributed by atoms with Crippen molar-refractivity contribution < 1.29 is 0 Å². The molecule has 0 fully saturated rings. The van der Waals surface area contributed by atoms with Crippen LogP contribution in [0.15, 0.2) is 0 Å². The molecule has 0 saturated heterocycles. The van der Waals surface area contributed by atoms with Gasteiger partial charge in [0, 0.05) is 0 Å². The molecule has 0 unspecified atom stereocenters. The summed E-state index contributed by atoms with van der Waals surface area (Å²) in [6.45, 7) is 8.87. The molecule has 0 aromatic rings. The van der Waals surface area contributed by atoms with Crippen molar-refractivity contribution in [3.05, 3.63) is 0 Å². The van der Waals surface area contributed by atoms with Crippen LogP contribution in [0.5, 0.6) is 0 Å². The van der Waals surface area contributed by atoms with Gasteiger partial charge in [-0.3, -0.25) is 0 Å². The van der Waals surface area contributed by atoms with E-state index in [0.717, 1.165) is 0 Å². The van der Waals surface area contributed by atoms with Crippen molar-refractivity contribution in [3.8, 4) is 0 Å². The van der Waals surface area contributed by atoms with E-state index in [1.54, 1.807) is 0 Å². The molecule has 0 spiro atoms. The van der Waals surface area contributed by atoms with E-state index in [4.69, 9.17) is 0 Å². The lowest BCUT2D eigenvalue weighted by Gasteiger charge is -2.11. The van der Waals surface area contributed by atoms with Crippen LogP contribution in [0.25, 0.3) is 0 Å². The van der Waals surface area contributed by atoms with Crippen LogP contribution in [0, 0.1) is 0 Å². The SMILES string of the molecule is C[P]C(C)(C)C. The van der Waals surface area contributed by atoms with E-state index in [2.05, 4.69) is 27.4 Å². The summed E-state index contributed by atoms with van der Waals surface area (Å²) >= 11 is 0. The van der Waals surface area contributed by atoms with Gasteiger partial charge in [0.15, 0.2) is 0 Å². The second-order valence-corrected chi connectivity index (χ2v) is 4.18. The summed E-state index contributed by atoms with van der Waals surface area (Å²) in [4.78, 5) is 0. The maximum absolute atomic E-state index is 2.23. The van der Waals surface area contributed by atoms with E-state index in [1.165, 1.54) is 8.58 Å². The molecule has 0 aromatic heterocycles. The molecule has 0 aliphatic heterocycles. The van der Waals surface area contributed by atoms with Gasteiger partial charge in [0.1, 0.15) is 0 Å². The van der Waals surface area contributed by atoms with Gasteiger partial charge in [0.25, 0.3) is 0 Å². The summed E-state index contributed by atoms with van der Waals surface area (Å²) in [6.07, 6.45) is 0. The van der Waals surface area contributed by atoms with Gasteiger partial charge < -0.3 is 0 Å². The Kier molecular flexibility index (Phi) is 2.07. The van der Waals surface area contributed by atoms with Gasteiger partial charge in [-0.05, 0) is 11.8 Å². The minimum atomic E-state index is 0.514. The van der Waals surface area contributed by atoms with Crippen LogP contribution in [0.3, 0.4) is 0 Å². The van der Waals surface area contributed by atoms with Crippen LogP contribution < -0.4 is 0 Å². The summed E-state index contributed by atoms with van der Waals surface area (Å²) in [5.41, 5.74) is 0. The molecule has 0 nitrogen and oxygen atoms in total. The first-order valence-electron chi connectivity index (χ1n) is 2.17. The summed E-state index contributed by atoms with van der Waals surface area (Å²) in [5.74, 6) is 0. The molecule has 0 aromatic carbocycles. The highest BCUT2D eigenvalue weighted by Crippen LogP contribution is 2.25. The van der Waals surface area contributed by atoms with Crippen LogP contribution >= 0.6 is 8.58 Å². The molecule has 1 radical (unpaired) electrons. The fourth-order valence-corrected chi connectivity index (χ4v) is 0. The van der Waals surface area contributed by atoms with Crippen molar-refractivity contribution in [1.82, 2.24) is 0 Å². The lowest BCUT2D eigenvalue weighted by Crippen LogP contribution is -2.02. The molecule has 0 amide bonds. The Hall–Kier alpha value is 0.430. The number of hydrogen-bond acceptors (Lipinski definition) is 0. The zero-order valence-corrected chi connectivity index (χ0v) is 5.84. The van der Waals surface area contributed by atoms with Gasteiger partial charge in [-0.2, -0.15) is 0 Å². The number of rotatable bonds is 0. The van der Waals surface area contributed by atoms with E-state index in [-0.39, 0.29) is 0 Å². The van der Waals surface area contributed by atoms with Gasteiger partial charge in [-0.1, -0.05) is 29.4 Å². The Bertz CT molecular complexity index is 33.7. The minimum Gasteiger partial charge on any atom is -0.0784 e. The lowest BCUT2D eigenvalue weighted by molar-refractivity contribution is 0.797. The van der Waals surface area contributed by atoms with E-state index < -0.39 is 0 Å². The Balaban J connectivity index is 3.17. The Labute approximate surface area is 42.1 Å². The third-order valence-corrected chi connectivity index (χ3v) is 2.01. The van der Waals surface area contributed by atoms with Crippen LogP contribution in [0.2, 0.25) is 0 Å². The highest BCUT2D eigenvalue weighted by Gasteiger charge is 2.04. The summed E-state index contributed by atoms with van der Waals surface area (Å²) in [7, 11) is 1.47. The Morgan fingerprint density at radius 3 is 1.33 bits per heavy atom. The Morgan fingerprint density at radius 2 is 1.33 bits per heavy atom. The van der Waals surface area contributed by atoms with E-state index in [9.17, 15) is 0 Å². The van der Waals surface area contributed by atoms with E-state index in [1.807, 2.05) is 0 Å². The molecule has 37 valence electrons. The maximum Gasteiger partial charge on any atom is -0.0143 e. The maximum atomic E-state index is 2.23. The fraction of sp³-hybridized carbons (Fsp3) is 1.00. The second-order valence-electron chi connectivity index (χ2n) is 2.39. The second kappa shape index (κ2) is 1.93. The smallest absolute Gasteiger partial charge is 0.0143 e. The van der Waals surface area contributed by atoms with Crippen LogP contribution in [0.1, 0.15) is 20.8 Å². The number of hydrogen-bond donors (Lipinski definition) is 0. The van der Waals surface area contributed by atoms with Crippen LogP contribution in [-0.2, 0) is 0 Å². The molecular weight excluding hydrogens is 91.0 g/mol. The van der Waals surface area contributed by atoms with Gasteiger partial charge >= 0.3 is 0 Å². The molecular formula is C5H12P. The van der Waals surface area contributed by atoms with Crippen molar-refractivity contribution in [2.75, 3.05) is 6.66 Å². The first-order chi connectivity index (χ1) is 2.56. The average molecular weight is 103 g/mol. The van der Waals surface area contributed by atoms with Crippen molar-refractivity contribution in [2.45, 2.75) is 25.9 Å². The monoisotopic (exact) mass is 103 g/mol. The van der Waals surface area contributed by atoms with Crippen molar-refractivity contribution in [1.29, 1.82) is 0 Å². The van der Waals surface area contributed by atoms with E-state index >= 15 is 0 Å². The minimum absolute atomic E-state index is 0.514. The first kappa shape index (κ1) is 6.43. The van der Waals surface area contributed by atoms with Gasteiger partial charge in [0.05, 0.1) is 0 Å². The van der Waals surface area contributed by atoms with Crippen LogP contribution in [0.4, 0.5) is 0 Å². The van der Waals surface area contributed by atoms with Crippen molar-refractivity contribution in [3.63, 3.8) is 0 Å². The van der Waals surface area contributed by atoms with Crippen molar-refractivity contribution in [2.24, 2.45) is 0 Å². The lowest BCUT2D eigenvalue weighted by atomic mass is 10.3. The quantitative estimate of drug-likeness (QED) is 0.413. The third-order valence-electron chi connectivity index (χ3n) is 0.671. The summed E-state index contributed by atoms with van der Waals surface area (Å²) in [5, 5.41) is 0.514. The fourth-order valence-electron chi connectivity index (χ4n) is 0. The zero-order valence-electron chi connectivity index (χ0n) is 4.95. The van der Waals surface area contributed by atoms with Crippen LogP contribution in [-0.4, -0.2) is 11.8 Å². The standard InChI is InChI=1S/C5H12P/c1-5(2,3)6-4/h1-4H3. The highest BCUT2D eigenvalue weighted by atomic mass is 31.1. The highest BCUT2D eigenvalue weighted by molar-refractivity contribution is 7.38. The molecule has 0 saturated carbocycles. The normalized spacial score (nSPS) is 14.0. The largest absolute Gasteiger partial charge is 0.0784 e. The predicted octanol–water partition coefficient (Wildman–Crippen LogP) is 2.36. The average Bonchev–Trinajstić information content (AvgIpc) is 1.35. The van der Waals surface area contributed by atoms with Gasteiger partial charge in [-0.15, -0.1) is 0 Å². The third kappa shape index (κ3) is 4.43. The molecule has 0 bridgehead atoms. The molecule has 0 aliphatic carbocycles. The first-order valence-corrected chi connectivity index (χ1v) is 3.51. The Morgan fingerprint density at radius 1 is 1.17 bits per heavy atom. The topological polar surface area (TPSA) is 0 Å². The molecule has 0 N–H and O–H groups in total. The van der Waals surface area contributed by atoms with Gasteiger partial charge in [0.2, 0.25) is 0 Å². The molecule has 0 atom stereocenters. The van der Waals surface area contributed by atoms with Crippen molar-refractivity contribution >= 4 is 8.58 Å². The van der Waals surface area contributed by atoms with E-state index in [0.29, 0.717) is 5.16 Å². The molecule has 0 rings (SSSR count). The molecule has 0 aliphatic rings.